The summed E-state index contributed by atoms with van der Waals surface area (Å²) in [6.45, 7) is -0.131. The van der Waals surface area contributed by atoms with Gasteiger partial charge in [-0.15, -0.1) is 0 Å². The second-order valence-electron chi connectivity index (χ2n) is 7.74. The number of hydrogen-bond donors (Lipinski definition) is 2. The molecule has 1 aromatic carbocycles. The summed E-state index contributed by atoms with van der Waals surface area (Å²) in [6.07, 6.45) is 1.67. The monoisotopic (exact) mass is 463 g/mol. The van der Waals surface area contributed by atoms with E-state index in [0.717, 1.165) is 0 Å². The Morgan fingerprint density at radius 2 is 1.82 bits per heavy atom. The van der Waals surface area contributed by atoms with Crippen molar-refractivity contribution >= 4 is 23.1 Å². The summed E-state index contributed by atoms with van der Waals surface area (Å²) >= 11 is 0. The van der Waals surface area contributed by atoms with E-state index in [1.54, 1.807) is 31.4 Å². The largest absolute Gasteiger partial charge is 0.369 e. The molecule has 5 rings (SSSR count). The number of aliphatic imine (C=N–C) groups is 1. The molecule has 3 N–H and O–H groups in total. The molecule has 0 saturated heterocycles. The van der Waals surface area contributed by atoms with Crippen molar-refractivity contribution in [3.63, 3.8) is 0 Å². The fourth-order valence-electron chi connectivity index (χ4n) is 3.82. The normalized spacial score (nSPS) is 17.6. The molecule has 0 fully saturated rings. The predicted octanol–water partition coefficient (Wildman–Crippen LogP) is 1.66. The van der Waals surface area contributed by atoms with Gasteiger partial charge in [0.2, 0.25) is 17.9 Å². The summed E-state index contributed by atoms with van der Waals surface area (Å²) in [7, 11) is 1.60. The molecule has 4 heterocycles. The molecule has 34 heavy (non-hydrogen) atoms. The van der Waals surface area contributed by atoms with Gasteiger partial charge in [-0.05, 0) is 42.5 Å². The minimum atomic E-state index is -1.38. The number of hydrazone groups is 1. The van der Waals surface area contributed by atoms with Gasteiger partial charge in [-0.2, -0.15) is 5.10 Å². The highest BCUT2D eigenvalue weighted by molar-refractivity contribution is 6.35. The third-order valence-corrected chi connectivity index (χ3v) is 5.52. The molecule has 9 nitrogen and oxygen atoms in total. The standard InChI is InChI=1S/C23H19F2N7O2/c1-30-11-14(6-9-18(30)33)19-20(13-4-7-15(24)8-5-13)28-22(26)32-21(19)29-31(23(32)34)12-17-16(25)3-2-10-27-17/h2-11,23,34H,12H2,1H3,(H2,26,28). The minimum Gasteiger partial charge on any atom is -0.369 e. The number of fused-ring (bicyclic) bond motifs is 1. The summed E-state index contributed by atoms with van der Waals surface area (Å²) in [5, 5.41) is 16.7. The van der Waals surface area contributed by atoms with E-state index in [9.17, 15) is 18.7 Å². The van der Waals surface area contributed by atoms with Crippen LogP contribution in [0.25, 0.3) is 11.3 Å². The van der Waals surface area contributed by atoms with Crippen molar-refractivity contribution in [2.45, 2.75) is 12.9 Å². The summed E-state index contributed by atoms with van der Waals surface area (Å²) in [5.74, 6) is -0.765. The van der Waals surface area contributed by atoms with E-state index < -0.39 is 18.0 Å². The molecule has 1 unspecified atom stereocenters. The lowest BCUT2D eigenvalue weighted by Crippen LogP contribution is -2.50. The second-order valence-corrected chi connectivity index (χ2v) is 7.74. The van der Waals surface area contributed by atoms with Crippen LogP contribution in [0, 0.1) is 11.6 Å². The van der Waals surface area contributed by atoms with Gasteiger partial charge in [0, 0.05) is 36.6 Å². The van der Waals surface area contributed by atoms with Gasteiger partial charge in [0.15, 0.2) is 5.84 Å². The van der Waals surface area contributed by atoms with Crippen LogP contribution in [0.15, 0.2) is 75.8 Å². The fraction of sp³-hybridized carbons (Fsp3) is 0.130. The van der Waals surface area contributed by atoms with Gasteiger partial charge in [-0.3, -0.25) is 9.78 Å². The first-order valence-electron chi connectivity index (χ1n) is 10.3. The van der Waals surface area contributed by atoms with Gasteiger partial charge < -0.3 is 15.4 Å². The Bertz CT molecular complexity index is 1430. The zero-order chi connectivity index (χ0) is 24.0. The second kappa shape index (κ2) is 8.19. The van der Waals surface area contributed by atoms with Gasteiger partial charge in [0.1, 0.15) is 11.6 Å². The summed E-state index contributed by atoms with van der Waals surface area (Å²) in [4.78, 5) is 21.8. The van der Waals surface area contributed by atoms with Gasteiger partial charge in [-0.1, -0.05) is 0 Å². The lowest BCUT2D eigenvalue weighted by Gasteiger charge is -2.30. The molecule has 0 radical (unpaired) electrons. The van der Waals surface area contributed by atoms with Gasteiger partial charge in [0.25, 0.3) is 0 Å². The van der Waals surface area contributed by atoms with Crippen molar-refractivity contribution in [2.24, 2.45) is 22.9 Å². The molecule has 0 bridgehead atoms. The van der Waals surface area contributed by atoms with Crippen molar-refractivity contribution < 1.29 is 13.9 Å². The molecular weight excluding hydrogens is 444 g/mol. The molecule has 2 aliphatic heterocycles. The number of amidine groups is 1. The molecule has 0 saturated carbocycles. The number of benzene rings is 1. The fourth-order valence-corrected chi connectivity index (χ4v) is 3.82. The number of nitrogens with zero attached hydrogens (tertiary/aromatic N) is 6. The number of nitrogens with two attached hydrogens (primary N) is 1. The third-order valence-electron chi connectivity index (χ3n) is 5.52. The topological polar surface area (TPSA) is 112 Å². The van der Waals surface area contributed by atoms with E-state index in [-0.39, 0.29) is 29.6 Å². The lowest BCUT2D eigenvalue weighted by molar-refractivity contribution is -0.0398. The zero-order valence-electron chi connectivity index (χ0n) is 17.9. The zero-order valence-corrected chi connectivity index (χ0v) is 17.9. The first-order chi connectivity index (χ1) is 16.3. The number of aromatic nitrogens is 2. The number of halogens is 2. The van der Waals surface area contributed by atoms with Crippen LogP contribution >= 0.6 is 0 Å². The minimum absolute atomic E-state index is 0.0527. The van der Waals surface area contributed by atoms with Crippen LogP contribution in [0.1, 0.15) is 16.8 Å². The summed E-state index contributed by atoms with van der Waals surface area (Å²) in [6, 6.07) is 11.4. The van der Waals surface area contributed by atoms with Crippen LogP contribution in [0.5, 0.6) is 0 Å². The Morgan fingerprint density at radius 3 is 2.53 bits per heavy atom. The Morgan fingerprint density at radius 1 is 1.09 bits per heavy atom. The molecular formula is C23H19F2N7O2. The Hall–Kier alpha value is -4.38. The van der Waals surface area contributed by atoms with E-state index in [1.165, 1.54) is 51.0 Å². The number of aliphatic hydroxyl groups is 1. The maximum absolute atomic E-state index is 14.2. The average molecular weight is 463 g/mol. The van der Waals surface area contributed by atoms with Crippen molar-refractivity contribution in [1.82, 2.24) is 19.5 Å². The highest BCUT2D eigenvalue weighted by Crippen LogP contribution is 2.36. The van der Waals surface area contributed by atoms with Crippen LogP contribution in [-0.2, 0) is 13.6 Å². The van der Waals surface area contributed by atoms with Crippen LogP contribution in [0.2, 0.25) is 0 Å². The highest BCUT2D eigenvalue weighted by atomic mass is 19.1. The number of hydrogen-bond acceptors (Lipinski definition) is 8. The Kier molecular flexibility index (Phi) is 5.17. The van der Waals surface area contributed by atoms with Crippen LogP contribution in [-0.4, -0.2) is 42.7 Å². The van der Waals surface area contributed by atoms with Crippen molar-refractivity contribution in [1.29, 1.82) is 0 Å². The van der Waals surface area contributed by atoms with Crippen molar-refractivity contribution in [3.05, 3.63) is 99.7 Å². The van der Waals surface area contributed by atoms with Crippen LogP contribution < -0.4 is 11.3 Å². The van der Waals surface area contributed by atoms with Crippen molar-refractivity contribution in [3.8, 4) is 0 Å². The van der Waals surface area contributed by atoms with Crippen LogP contribution in [0.3, 0.4) is 0 Å². The van der Waals surface area contributed by atoms with E-state index in [1.807, 2.05) is 0 Å². The first-order valence-corrected chi connectivity index (χ1v) is 10.3. The number of aryl methyl sites for hydroxylation is 1. The predicted molar refractivity (Wildman–Crippen MR) is 122 cm³/mol. The molecule has 2 aliphatic rings. The lowest BCUT2D eigenvalue weighted by atomic mass is 9.98. The quantitative estimate of drug-likeness (QED) is 0.609. The smallest absolute Gasteiger partial charge is 0.250 e. The Balaban J connectivity index is 1.69. The Labute approximate surface area is 192 Å². The summed E-state index contributed by atoms with van der Waals surface area (Å²) in [5.41, 5.74) is 8.04. The molecule has 0 amide bonds. The van der Waals surface area contributed by atoms with Gasteiger partial charge >= 0.3 is 0 Å². The molecule has 0 spiro atoms. The molecule has 172 valence electrons. The maximum Gasteiger partial charge on any atom is 0.250 e. The molecule has 0 aliphatic carbocycles. The molecule has 1 atom stereocenters. The van der Waals surface area contributed by atoms with Gasteiger partial charge in [-0.25, -0.2) is 23.7 Å². The number of guanidine groups is 1. The first kappa shape index (κ1) is 21.5. The SMILES string of the molecule is Cn1cc(C2=C(c3ccc(F)cc3)N=C(N)N3C2=NN(Cc2ncccc2F)C3O)ccc1=O. The third kappa shape index (κ3) is 3.61. The van der Waals surface area contributed by atoms with Gasteiger partial charge in [0.05, 0.1) is 23.5 Å². The maximum atomic E-state index is 14.2. The number of rotatable bonds is 4. The van der Waals surface area contributed by atoms with E-state index >= 15 is 0 Å². The number of aliphatic hydroxyl groups excluding tert-OH is 1. The van der Waals surface area contributed by atoms with E-state index in [4.69, 9.17) is 5.73 Å². The van der Waals surface area contributed by atoms with Crippen LogP contribution in [0.4, 0.5) is 8.78 Å². The van der Waals surface area contributed by atoms with E-state index in [2.05, 4.69) is 15.1 Å². The van der Waals surface area contributed by atoms with Crippen molar-refractivity contribution in [2.75, 3.05) is 0 Å². The summed E-state index contributed by atoms with van der Waals surface area (Å²) < 4.78 is 29.2. The van der Waals surface area contributed by atoms with E-state index in [0.29, 0.717) is 22.4 Å². The number of pyridine rings is 2. The molecule has 3 aromatic rings. The average Bonchev–Trinajstić information content (AvgIpc) is 3.14. The highest BCUT2D eigenvalue weighted by Gasteiger charge is 2.41. The molecule has 11 heteroatoms. The molecule has 2 aromatic heterocycles.